The molecule has 7 heteroatoms. The first kappa shape index (κ1) is 22.4. The standard InChI is InChI=1S/C24H25NO5S/c1-3-29-24(27)22-20(17-11-13-18(28-2)14-12-17)16-31-23(22)25-21(26)10-7-15-30-19-8-5-4-6-9-19/h4-6,8-9,11-14,16H,3,7,10,15H2,1-2H3,(H,25,26). The SMILES string of the molecule is CCOC(=O)c1c(-c2ccc(OC)cc2)csc1NC(=O)CCCOc1ccccc1. The Bertz CT molecular complexity index is 999. The average Bonchev–Trinajstić information content (AvgIpc) is 3.21. The fraction of sp³-hybridized carbons (Fsp3) is 0.250. The molecule has 1 N–H and O–H groups in total. The number of rotatable bonds is 10. The number of para-hydroxylation sites is 1. The molecule has 3 rings (SSSR count). The van der Waals surface area contributed by atoms with Gasteiger partial charge < -0.3 is 19.5 Å². The van der Waals surface area contributed by atoms with Gasteiger partial charge in [0, 0.05) is 17.4 Å². The fourth-order valence-electron chi connectivity index (χ4n) is 2.97. The highest BCUT2D eigenvalue weighted by Crippen LogP contribution is 2.37. The Hall–Kier alpha value is -3.32. The van der Waals surface area contributed by atoms with Crippen LogP contribution in [0.2, 0.25) is 0 Å². The van der Waals surface area contributed by atoms with Crippen molar-refractivity contribution in [2.45, 2.75) is 19.8 Å². The molecule has 162 valence electrons. The molecule has 0 aliphatic heterocycles. The minimum atomic E-state index is -0.461. The van der Waals surface area contributed by atoms with Crippen molar-refractivity contribution in [3.05, 3.63) is 65.5 Å². The van der Waals surface area contributed by atoms with E-state index in [1.54, 1.807) is 14.0 Å². The summed E-state index contributed by atoms with van der Waals surface area (Å²) in [7, 11) is 1.60. The lowest BCUT2D eigenvalue weighted by molar-refractivity contribution is -0.116. The van der Waals surface area contributed by atoms with Crippen LogP contribution in [0.25, 0.3) is 11.1 Å². The number of methoxy groups -OCH3 is 1. The molecule has 1 aromatic heterocycles. The zero-order valence-electron chi connectivity index (χ0n) is 17.6. The lowest BCUT2D eigenvalue weighted by atomic mass is 10.0. The summed E-state index contributed by atoms with van der Waals surface area (Å²) >= 11 is 1.30. The molecular weight excluding hydrogens is 414 g/mol. The summed E-state index contributed by atoms with van der Waals surface area (Å²) < 4.78 is 16.1. The van der Waals surface area contributed by atoms with E-state index >= 15 is 0 Å². The predicted molar refractivity (Wildman–Crippen MR) is 122 cm³/mol. The van der Waals surface area contributed by atoms with Gasteiger partial charge in [-0.3, -0.25) is 4.79 Å². The molecule has 0 bridgehead atoms. The van der Waals surface area contributed by atoms with E-state index in [4.69, 9.17) is 14.2 Å². The summed E-state index contributed by atoms with van der Waals surface area (Å²) in [6.45, 7) is 2.44. The van der Waals surface area contributed by atoms with Gasteiger partial charge in [0.1, 0.15) is 22.1 Å². The molecule has 0 fully saturated rings. The van der Waals surface area contributed by atoms with Gasteiger partial charge in [0.2, 0.25) is 5.91 Å². The molecule has 0 aliphatic carbocycles. The van der Waals surface area contributed by atoms with Crippen molar-refractivity contribution in [1.29, 1.82) is 0 Å². The van der Waals surface area contributed by atoms with Crippen LogP contribution in [0.15, 0.2) is 60.0 Å². The van der Waals surface area contributed by atoms with E-state index in [1.807, 2.05) is 60.0 Å². The minimum Gasteiger partial charge on any atom is -0.497 e. The first-order chi connectivity index (χ1) is 15.1. The third kappa shape index (κ3) is 6.08. The highest BCUT2D eigenvalue weighted by molar-refractivity contribution is 7.15. The number of anilines is 1. The average molecular weight is 440 g/mol. The number of carbonyl (C=O) groups is 2. The molecule has 1 heterocycles. The van der Waals surface area contributed by atoms with Crippen molar-refractivity contribution < 1.29 is 23.8 Å². The van der Waals surface area contributed by atoms with E-state index < -0.39 is 5.97 Å². The fourth-order valence-corrected chi connectivity index (χ4v) is 3.94. The molecule has 0 unspecified atom stereocenters. The topological polar surface area (TPSA) is 73.9 Å². The van der Waals surface area contributed by atoms with Crippen LogP contribution in [0.1, 0.15) is 30.1 Å². The number of carbonyl (C=O) groups excluding carboxylic acids is 2. The van der Waals surface area contributed by atoms with Gasteiger partial charge in [0.05, 0.1) is 20.3 Å². The Balaban J connectivity index is 1.67. The van der Waals surface area contributed by atoms with Gasteiger partial charge in [-0.25, -0.2) is 4.79 Å². The van der Waals surface area contributed by atoms with Crippen molar-refractivity contribution in [2.24, 2.45) is 0 Å². The maximum Gasteiger partial charge on any atom is 0.341 e. The number of benzene rings is 2. The monoisotopic (exact) mass is 439 g/mol. The second-order valence-corrected chi connectivity index (χ2v) is 7.50. The summed E-state index contributed by atoms with van der Waals surface area (Å²) in [6, 6.07) is 16.9. The van der Waals surface area contributed by atoms with Gasteiger partial charge in [0.15, 0.2) is 0 Å². The van der Waals surface area contributed by atoms with Crippen molar-refractivity contribution in [2.75, 3.05) is 25.6 Å². The van der Waals surface area contributed by atoms with Crippen LogP contribution in [0.4, 0.5) is 5.00 Å². The molecule has 0 saturated carbocycles. The lowest BCUT2D eigenvalue weighted by Gasteiger charge is -2.10. The smallest absolute Gasteiger partial charge is 0.341 e. The molecule has 0 spiro atoms. The van der Waals surface area contributed by atoms with Gasteiger partial charge in [-0.05, 0) is 43.2 Å². The molecule has 0 radical (unpaired) electrons. The van der Waals surface area contributed by atoms with Crippen LogP contribution in [0.5, 0.6) is 11.5 Å². The number of hydrogen-bond acceptors (Lipinski definition) is 6. The number of ether oxygens (including phenoxy) is 3. The van der Waals surface area contributed by atoms with E-state index in [2.05, 4.69) is 5.32 Å². The summed E-state index contributed by atoms with van der Waals surface area (Å²) in [5, 5.41) is 5.19. The molecular formula is C24H25NO5S. The number of nitrogens with one attached hydrogen (secondary N) is 1. The normalized spacial score (nSPS) is 10.4. The third-order valence-electron chi connectivity index (χ3n) is 4.48. The van der Waals surface area contributed by atoms with E-state index in [0.717, 1.165) is 17.1 Å². The summed E-state index contributed by atoms with van der Waals surface area (Å²) in [5.74, 6) is 0.862. The van der Waals surface area contributed by atoms with Gasteiger partial charge in [-0.2, -0.15) is 0 Å². The van der Waals surface area contributed by atoms with Crippen molar-refractivity contribution in [3.8, 4) is 22.6 Å². The molecule has 2 aromatic carbocycles. The summed E-state index contributed by atoms with van der Waals surface area (Å²) in [5.41, 5.74) is 1.93. The van der Waals surface area contributed by atoms with Crippen LogP contribution >= 0.6 is 11.3 Å². The van der Waals surface area contributed by atoms with Gasteiger partial charge in [0.25, 0.3) is 0 Å². The highest BCUT2D eigenvalue weighted by Gasteiger charge is 2.22. The maximum atomic E-state index is 12.6. The van der Waals surface area contributed by atoms with Crippen LogP contribution in [-0.2, 0) is 9.53 Å². The van der Waals surface area contributed by atoms with Crippen LogP contribution in [0, 0.1) is 0 Å². The van der Waals surface area contributed by atoms with Crippen molar-refractivity contribution in [3.63, 3.8) is 0 Å². The van der Waals surface area contributed by atoms with E-state index in [1.165, 1.54) is 11.3 Å². The van der Waals surface area contributed by atoms with Crippen LogP contribution < -0.4 is 14.8 Å². The van der Waals surface area contributed by atoms with Crippen LogP contribution in [0.3, 0.4) is 0 Å². The lowest BCUT2D eigenvalue weighted by Crippen LogP contribution is -2.15. The Morgan fingerprint density at radius 2 is 1.74 bits per heavy atom. The first-order valence-electron chi connectivity index (χ1n) is 10.0. The van der Waals surface area contributed by atoms with Gasteiger partial charge in [-0.15, -0.1) is 11.3 Å². The summed E-state index contributed by atoms with van der Waals surface area (Å²) in [6.07, 6.45) is 0.844. The molecule has 6 nitrogen and oxygen atoms in total. The second-order valence-electron chi connectivity index (χ2n) is 6.62. The molecule has 3 aromatic rings. The predicted octanol–water partition coefficient (Wildman–Crippen LogP) is 5.40. The molecule has 1 amide bonds. The summed E-state index contributed by atoms with van der Waals surface area (Å²) in [4.78, 5) is 25.1. The van der Waals surface area contributed by atoms with Crippen LogP contribution in [-0.4, -0.2) is 32.2 Å². The minimum absolute atomic E-state index is 0.176. The Morgan fingerprint density at radius 1 is 1.00 bits per heavy atom. The van der Waals surface area contributed by atoms with Crippen molar-refractivity contribution >= 4 is 28.2 Å². The van der Waals surface area contributed by atoms with E-state index in [9.17, 15) is 9.59 Å². The molecule has 0 atom stereocenters. The number of thiophene rings is 1. The van der Waals surface area contributed by atoms with Gasteiger partial charge in [-0.1, -0.05) is 30.3 Å². The molecule has 31 heavy (non-hydrogen) atoms. The first-order valence-corrected chi connectivity index (χ1v) is 10.9. The Labute approximate surface area is 185 Å². The second kappa shape index (κ2) is 11.2. The quantitative estimate of drug-likeness (QED) is 0.338. The molecule has 0 aliphatic rings. The zero-order chi connectivity index (χ0) is 22.1. The third-order valence-corrected chi connectivity index (χ3v) is 5.38. The number of esters is 1. The Morgan fingerprint density at radius 3 is 2.42 bits per heavy atom. The number of amides is 1. The molecule has 0 saturated heterocycles. The Kier molecular flexibility index (Phi) is 8.06. The van der Waals surface area contributed by atoms with Crippen molar-refractivity contribution in [1.82, 2.24) is 0 Å². The van der Waals surface area contributed by atoms with E-state index in [-0.39, 0.29) is 18.9 Å². The maximum absolute atomic E-state index is 12.6. The highest BCUT2D eigenvalue weighted by atomic mass is 32.1. The van der Waals surface area contributed by atoms with Gasteiger partial charge >= 0.3 is 5.97 Å². The zero-order valence-corrected chi connectivity index (χ0v) is 18.4. The number of hydrogen-bond donors (Lipinski definition) is 1. The largest absolute Gasteiger partial charge is 0.497 e. The van der Waals surface area contributed by atoms with E-state index in [0.29, 0.717) is 29.2 Å².